The average Bonchev–Trinajstić information content (AvgIpc) is 2.25. The molecule has 1 rings (SSSR count). The molecule has 0 aromatic carbocycles. The lowest BCUT2D eigenvalue weighted by Gasteiger charge is -2.27. The number of nitrogens with two attached hydrogens (primary N) is 1. The molecule has 5 heteroatoms. The van der Waals surface area contributed by atoms with Gasteiger partial charge < -0.3 is 11.1 Å². The molecule has 0 aliphatic carbocycles. The molecule has 16 heavy (non-hydrogen) atoms. The SMILES string of the molecule is CC(C)(C)[C@@H](N)C(=O)NCC1CSCCS1. The van der Waals surface area contributed by atoms with Crippen LogP contribution >= 0.6 is 23.5 Å². The van der Waals surface area contributed by atoms with E-state index in [2.05, 4.69) is 5.32 Å². The van der Waals surface area contributed by atoms with Gasteiger partial charge in [0.05, 0.1) is 6.04 Å². The summed E-state index contributed by atoms with van der Waals surface area (Å²) in [5.74, 6) is 3.53. The van der Waals surface area contributed by atoms with Crippen LogP contribution in [-0.2, 0) is 4.79 Å². The van der Waals surface area contributed by atoms with E-state index in [0.717, 1.165) is 12.3 Å². The van der Waals surface area contributed by atoms with Crippen LogP contribution in [0, 0.1) is 5.41 Å². The number of carbonyl (C=O) groups excluding carboxylic acids is 1. The summed E-state index contributed by atoms with van der Waals surface area (Å²) in [6.45, 7) is 6.72. The summed E-state index contributed by atoms with van der Waals surface area (Å²) >= 11 is 3.91. The van der Waals surface area contributed by atoms with E-state index in [1.54, 1.807) is 0 Å². The monoisotopic (exact) mass is 262 g/mol. The van der Waals surface area contributed by atoms with E-state index >= 15 is 0 Å². The number of rotatable bonds is 3. The molecule has 1 amide bonds. The summed E-state index contributed by atoms with van der Waals surface area (Å²) < 4.78 is 0. The topological polar surface area (TPSA) is 55.1 Å². The molecule has 0 saturated carbocycles. The van der Waals surface area contributed by atoms with Gasteiger partial charge >= 0.3 is 0 Å². The second kappa shape index (κ2) is 6.17. The molecule has 1 saturated heterocycles. The Hall–Kier alpha value is 0.130. The minimum absolute atomic E-state index is 0.0244. The van der Waals surface area contributed by atoms with Gasteiger partial charge in [0, 0.05) is 29.1 Å². The highest BCUT2D eigenvalue weighted by Crippen LogP contribution is 2.23. The van der Waals surface area contributed by atoms with Crippen LogP contribution in [0.4, 0.5) is 0 Å². The Morgan fingerprint density at radius 1 is 1.50 bits per heavy atom. The molecule has 1 aliphatic heterocycles. The van der Waals surface area contributed by atoms with Crippen molar-refractivity contribution in [2.24, 2.45) is 11.1 Å². The summed E-state index contributed by atoms with van der Waals surface area (Å²) in [5, 5.41) is 3.51. The van der Waals surface area contributed by atoms with Crippen LogP contribution in [0.1, 0.15) is 20.8 Å². The van der Waals surface area contributed by atoms with E-state index in [9.17, 15) is 4.79 Å². The lowest BCUT2D eigenvalue weighted by molar-refractivity contribution is -0.124. The molecule has 3 N–H and O–H groups in total. The van der Waals surface area contributed by atoms with Gasteiger partial charge in [-0.3, -0.25) is 4.79 Å². The highest BCUT2D eigenvalue weighted by atomic mass is 32.2. The third-order valence-electron chi connectivity index (χ3n) is 2.60. The lowest BCUT2D eigenvalue weighted by atomic mass is 9.87. The van der Waals surface area contributed by atoms with Crippen molar-refractivity contribution in [3.63, 3.8) is 0 Å². The van der Waals surface area contributed by atoms with Crippen LogP contribution in [0.25, 0.3) is 0 Å². The Morgan fingerprint density at radius 2 is 2.19 bits per heavy atom. The highest BCUT2D eigenvalue weighted by Gasteiger charge is 2.27. The van der Waals surface area contributed by atoms with Gasteiger partial charge in [0.2, 0.25) is 5.91 Å². The van der Waals surface area contributed by atoms with Crippen molar-refractivity contribution in [2.45, 2.75) is 32.1 Å². The van der Waals surface area contributed by atoms with E-state index in [1.807, 2.05) is 44.3 Å². The first-order chi connectivity index (χ1) is 7.41. The van der Waals surface area contributed by atoms with Crippen LogP contribution < -0.4 is 11.1 Å². The molecular weight excluding hydrogens is 240 g/mol. The zero-order chi connectivity index (χ0) is 12.2. The van der Waals surface area contributed by atoms with Gasteiger partial charge in [0.25, 0.3) is 0 Å². The number of amides is 1. The normalized spacial score (nSPS) is 23.9. The van der Waals surface area contributed by atoms with Crippen molar-refractivity contribution in [2.75, 3.05) is 23.8 Å². The molecule has 0 spiro atoms. The maximum Gasteiger partial charge on any atom is 0.237 e. The van der Waals surface area contributed by atoms with Gasteiger partial charge in [0.1, 0.15) is 0 Å². The van der Waals surface area contributed by atoms with E-state index < -0.39 is 6.04 Å². The van der Waals surface area contributed by atoms with Crippen molar-refractivity contribution in [3.8, 4) is 0 Å². The van der Waals surface area contributed by atoms with Crippen molar-refractivity contribution in [3.05, 3.63) is 0 Å². The number of hydrogen-bond acceptors (Lipinski definition) is 4. The van der Waals surface area contributed by atoms with Gasteiger partial charge in [-0.25, -0.2) is 0 Å². The molecule has 2 atom stereocenters. The van der Waals surface area contributed by atoms with Gasteiger partial charge in [-0.2, -0.15) is 23.5 Å². The van der Waals surface area contributed by atoms with Crippen LogP contribution in [0.2, 0.25) is 0 Å². The van der Waals surface area contributed by atoms with Crippen LogP contribution in [0.3, 0.4) is 0 Å². The zero-order valence-electron chi connectivity index (χ0n) is 10.3. The zero-order valence-corrected chi connectivity index (χ0v) is 11.9. The molecule has 94 valence electrons. The minimum Gasteiger partial charge on any atom is -0.354 e. The second-order valence-corrected chi connectivity index (χ2v) is 7.71. The van der Waals surface area contributed by atoms with E-state index in [4.69, 9.17) is 5.73 Å². The van der Waals surface area contributed by atoms with Gasteiger partial charge in [-0.05, 0) is 5.41 Å². The fourth-order valence-corrected chi connectivity index (χ4v) is 3.98. The van der Waals surface area contributed by atoms with Crippen LogP contribution in [-0.4, -0.2) is 41.0 Å². The lowest BCUT2D eigenvalue weighted by Crippen LogP contribution is -2.50. The average molecular weight is 262 g/mol. The third-order valence-corrected chi connectivity index (χ3v) is 5.45. The fourth-order valence-electron chi connectivity index (χ4n) is 1.37. The summed E-state index contributed by atoms with van der Waals surface area (Å²) in [7, 11) is 0. The molecule has 0 aromatic heterocycles. The molecule has 0 aromatic rings. The molecule has 1 aliphatic rings. The highest BCUT2D eigenvalue weighted by molar-refractivity contribution is 8.06. The minimum atomic E-state index is -0.422. The molecule has 1 fully saturated rings. The summed E-state index contributed by atoms with van der Waals surface area (Å²) in [4.78, 5) is 11.8. The van der Waals surface area contributed by atoms with Gasteiger partial charge in [-0.15, -0.1) is 0 Å². The first-order valence-electron chi connectivity index (χ1n) is 5.64. The van der Waals surface area contributed by atoms with Crippen LogP contribution in [0.15, 0.2) is 0 Å². The predicted molar refractivity (Wildman–Crippen MR) is 74.0 cm³/mol. The summed E-state index contributed by atoms with van der Waals surface area (Å²) in [6.07, 6.45) is 0. The van der Waals surface area contributed by atoms with Crippen molar-refractivity contribution < 1.29 is 4.79 Å². The molecule has 0 radical (unpaired) electrons. The number of thioether (sulfide) groups is 2. The van der Waals surface area contributed by atoms with E-state index in [1.165, 1.54) is 11.5 Å². The van der Waals surface area contributed by atoms with E-state index in [0.29, 0.717) is 5.25 Å². The van der Waals surface area contributed by atoms with Crippen LogP contribution in [0.5, 0.6) is 0 Å². The molecular formula is C11H22N2OS2. The Labute approximate surface area is 107 Å². The molecule has 0 bridgehead atoms. The van der Waals surface area contributed by atoms with E-state index in [-0.39, 0.29) is 11.3 Å². The summed E-state index contributed by atoms with van der Waals surface area (Å²) in [6, 6.07) is -0.422. The fraction of sp³-hybridized carbons (Fsp3) is 0.909. The Morgan fingerprint density at radius 3 is 2.69 bits per heavy atom. The maximum atomic E-state index is 11.8. The van der Waals surface area contributed by atoms with Crippen molar-refractivity contribution in [1.82, 2.24) is 5.32 Å². The number of hydrogen-bond donors (Lipinski definition) is 2. The number of carbonyl (C=O) groups is 1. The molecule has 1 unspecified atom stereocenters. The van der Waals surface area contributed by atoms with Crippen molar-refractivity contribution >= 4 is 29.4 Å². The predicted octanol–water partition coefficient (Wildman–Crippen LogP) is 1.32. The first-order valence-corrected chi connectivity index (χ1v) is 7.84. The Bertz CT molecular complexity index is 235. The third kappa shape index (κ3) is 4.55. The first kappa shape index (κ1) is 14.2. The second-order valence-electron chi connectivity index (χ2n) is 5.16. The summed E-state index contributed by atoms with van der Waals surface area (Å²) in [5.41, 5.74) is 5.72. The largest absolute Gasteiger partial charge is 0.354 e. The Balaban J connectivity index is 2.29. The smallest absolute Gasteiger partial charge is 0.237 e. The Kier molecular flexibility index (Phi) is 5.47. The molecule has 1 heterocycles. The molecule has 3 nitrogen and oxygen atoms in total. The number of nitrogens with one attached hydrogen (secondary N) is 1. The maximum absolute atomic E-state index is 11.8. The van der Waals surface area contributed by atoms with Gasteiger partial charge in [0.15, 0.2) is 0 Å². The standard InChI is InChI=1S/C11H22N2OS2/c1-11(2,3)9(12)10(14)13-6-8-7-15-4-5-16-8/h8-9H,4-7,12H2,1-3H3,(H,13,14)/t8?,9-/m0/s1. The van der Waals surface area contributed by atoms with Crippen molar-refractivity contribution in [1.29, 1.82) is 0 Å². The quantitative estimate of drug-likeness (QED) is 0.805. The van der Waals surface area contributed by atoms with Gasteiger partial charge in [-0.1, -0.05) is 20.8 Å².